The van der Waals surface area contributed by atoms with Crippen LogP contribution in [0.5, 0.6) is 0 Å². The Labute approximate surface area is 93.8 Å². The number of hydrazine groups is 1. The van der Waals surface area contributed by atoms with E-state index < -0.39 is 0 Å². The van der Waals surface area contributed by atoms with Gasteiger partial charge in [-0.1, -0.05) is 16.1 Å². The number of thiophene rings is 1. The summed E-state index contributed by atoms with van der Waals surface area (Å²) in [6.07, 6.45) is 0. The van der Waals surface area contributed by atoms with Gasteiger partial charge in [-0.15, -0.1) is 16.4 Å². The van der Waals surface area contributed by atoms with Gasteiger partial charge >= 0.3 is 0 Å². The molecule has 2 rings (SSSR count). The first-order chi connectivity index (χ1) is 6.83. The van der Waals surface area contributed by atoms with E-state index in [1.54, 1.807) is 11.3 Å². The lowest BCUT2D eigenvalue weighted by Crippen LogP contribution is -2.28. The minimum Gasteiger partial charge on any atom is -0.270 e. The van der Waals surface area contributed by atoms with E-state index >= 15 is 0 Å². The number of hydrogen-bond donors (Lipinski definition) is 2. The normalized spacial score (nSPS) is 13.0. The molecule has 0 saturated carbocycles. The molecule has 3 N–H and O–H groups in total. The monoisotopic (exact) mass is 246 g/mol. The Bertz CT molecular complexity index is 399. The Morgan fingerprint density at radius 2 is 2.43 bits per heavy atom. The van der Waals surface area contributed by atoms with Crippen LogP contribution >= 0.6 is 34.5 Å². The number of halogens is 1. The summed E-state index contributed by atoms with van der Waals surface area (Å²) in [6.45, 7) is 0. The van der Waals surface area contributed by atoms with Gasteiger partial charge in [0.2, 0.25) is 0 Å². The number of nitrogens with two attached hydrogens (primary N) is 1. The van der Waals surface area contributed by atoms with Crippen LogP contribution in [0.2, 0.25) is 5.02 Å². The molecule has 0 aliphatic rings. The van der Waals surface area contributed by atoms with Crippen LogP contribution in [0.1, 0.15) is 16.6 Å². The van der Waals surface area contributed by atoms with Gasteiger partial charge in [0.05, 0.1) is 10.7 Å². The van der Waals surface area contributed by atoms with Gasteiger partial charge in [-0.3, -0.25) is 5.84 Å². The van der Waals surface area contributed by atoms with Gasteiger partial charge < -0.3 is 0 Å². The van der Waals surface area contributed by atoms with Crippen LogP contribution in [0.4, 0.5) is 0 Å². The van der Waals surface area contributed by atoms with Gasteiger partial charge in [-0.25, -0.2) is 5.43 Å². The molecule has 0 aliphatic carbocycles. The maximum Gasteiger partial charge on any atom is 0.102 e. The summed E-state index contributed by atoms with van der Waals surface area (Å²) in [4.78, 5) is 0.960. The van der Waals surface area contributed by atoms with E-state index in [-0.39, 0.29) is 6.04 Å². The molecule has 2 heterocycles. The number of rotatable bonds is 3. The number of hydrogen-bond acceptors (Lipinski definition) is 6. The van der Waals surface area contributed by atoms with E-state index in [2.05, 4.69) is 15.0 Å². The van der Waals surface area contributed by atoms with E-state index in [0.29, 0.717) is 5.02 Å². The minimum atomic E-state index is -0.166. The van der Waals surface area contributed by atoms with E-state index in [4.69, 9.17) is 17.4 Å². The number of nitrogens with zero attached hydrogens (tertiary/aromatic N) is 2. The van der Waals surface area contributed by atoms with Crippen molar-refractivity contribution in [1.29, 1.82) is 0 Å². The topological polar surface area (TPSA) is 63.8 Å². The maximum absolute atomic E-state index is 6.00. The summed E-state index contributed by atoms with van der Waals surface area (Å²) >= 11 is 8.83. The second-order valence-electron chi connectivity index (χ2n) is 2.56. The predicted molar refractivity (Wildman–Crippen MR) is 58.4 cm³/mol. The van der Waals surface area contributed by atoms with Gasteiger partial charge in [0, 0.05) is 10.3 Å². The molecule has 1 atom stereocenters. The van der Waals surface area contributed by atoms with Crippen LogP contribution in [-0.4, -0.2) is 9.59 Å². The molecule has 2 aromatic rings. The zero-order valence-electron chi connectivity index (χ0n) is 6.98. The third kappa shape index (κ3) is 1.79. The standard InChI is InChI=1S/C7H7ClN4S2/c8-4-1-2-13-7(4)6(10-9)5-3-14-12-11-5/h1-3,6,10H,9H2. The van der Waals surface area contributed by atoms with E-state index in [9.17, 15) is 0 Å². The third-order valence-electron chi connectivity index (χ3n) is 1.75. The third-order valence-corrected chi connectivity index (χ3v) is 3.69. The highest BCUT2D eigenvalue weighted by molar-refractivity contribution is 7.10. The SMILES string of the molecule is NNC(c1csnn1)c1sccc1Cl. The summed E-state index contributed by atoms with van der Waals surface area (Å²) in [5, 5.41) is 8.42. The molecule has 2 aromatic heterocycles. The van der Waals surface area contributed by atoms with Crippen LogP contribution in [0.25, 0.3) is 0 Å². The van der Waals surface area contributed by atoms with Crippen molar-refractivity contribution >= 4 is 34.5 Å². The molecule has 1 unspecified atom stereocenters. The Morgan fingerprint density at radius 3 is 2.93 bits per heavy atom. The highest BCUT2D eigenvalue weighted by Gasteiger charge is 2.18. The van der Waals surface area contributed by atoms with Gasteiger partial charge in [0.15, 0.2) is 0 Å². The summed E-state index contributed by atoms with van der Waals surface area (Å²) in [5.74, 6) is 5.46. The van der Waals surface area contributed by atoms with E-state index in [0.717, 1.165) is 10.6 Å². The molecule has 0 saturated heterocycles. The minimum absolute atomic E-state index is 0.166. The second-order valence-corrected chi connectivity index (χ2v) is 4.53. The molecule has 0 amide bonds. The zero-order chi connectivity index (χ0) is 9.97. The Morgan fingerprint density at radius 1 is 1.57 bits per heavy atom. The van der Waals surface area contributed by atoms with Crippen molar-refractivity contribution in [3.05, 3.63) is 32.4 Å². The highest BCUT2D eigenvalue weighted by atomic mass is 35.5. The van der Waals surface area contributed by atoms with Crippen LogP contribution in [0.3, 0.4) is 0 Å². The van der Waals surface area contributed by atoms with Crippen molar-refractivity contribution < 1.29 is 0 Å². The lowest BCUT2D eigenvalue weighted by atomic mass is 10.2. The first kappa shape index (κ1) is 10.0. The molecule has 7 heteroatoms. The Balaban J connectivity index is 2.36. The fraction of sp³-hybridized carbons (Fsp3) is 0.143. The second kappa shape index (κ2) is 4.33. The number of aromatic nitrogens is 2. The van der Waals surface area contributed by atoms with Crippen molar-refractivity contribution in [2.24, 2.45) is 5.84 Å². The van der Waals surface area contributed by atoms with Crippen LogP contribution < -0.4 is 11.3 Å². The van der Waals surface area contributed by atoms with Crippen LogP contribution in [-0.2, 0) is 0 Å². The van der Waals surface area contributed by atoms with Gasteiger partial charge in [-0.05, 0) is 23.0 Å². The van der Waals surface area contributed by atoms with E-state index in [1.165, 1.54) is 11.5 Å². The molecule has 0 fully saturated rings. The molecule has 4 nitrogen and oxygen atoms in total. The Kier molecular flexibility index (Phi) is 3.09. The molecule has 0 aromatic carbocycles. The summed E-state index contributed by atoms with van der Waals surface area (Å²) in [5.41, 5.74) is 3.47. The predicted octanol–water partition coefficient (Wildman–Crippen LogP) is 1.81. The van der Waals surface area contributed by atoms with Crippen molar-refractivity contribution in [2.45, 2.75) is 6.04 Å². The van der Waals surface area contributed by atoms with Crippen molar-refractivity contribution in [3.8, 4) is 0 Å². The Hall–Kier alpha value is -0.530. The molecule has 74 valence electrons. The summed E-state index contributed by atoms with van der Waals surface area (Å²) in [7, 11) is 0. The fourth-order valence-corrected chi connectivity index (χ4v) is 2.82. The van der Waals surface area contributed by atoms with Crippen LogP contribution in [0.15, 0.2) is 16.8 Å². The molecule has 0 aliphatic heterocycles. The lowest BCUT2D eigenvalue weighted by molar-refractivity contribution is 0.628. The average molecular weight is 247 g/mol. The van der Waals surface area contributed by atoms with Gasteiger partial charge in [-0.2, -0.15) is 0 Å². The zero-order valence-corrected chi connectivity index (χ0v) is 9.36. The van der Waals surface area contributed by atoms with Gasteiger partial charge in [0.1, 0.15) is 6.04 Å². The first-order valence-corrected chi connectivity index (χ1v) is 5.88. The maximum atomic E-state index is 6.00. The lowest BCUT2D eigenvalue weighted by Gasteiger charge is -2.10. The molecule has 14 heavy (non-hydrogen) atoms. The van der Waals surface area contributed by atoms with Crippen molar-refractivity contribution in [1.82, 2.24) is 15.0 Å². The highest BCUT2D eigenvalue weighted by Crippen LogP contribution is 2.31. The summed E-state index contributed by atoms with van der Waals surface area (Å²) < 4.78 is 3.79. The molecular weight excluding hydrogens is 240 g/mol. The van der Waals surface area contributed by atoms with Crippen molar-refractivity contribution in [3.63, 3.8) is 0 Å². The van der Waals surface area contributed by atoms with Gasteiger partial charge in [0.25, 0.3) is 0 Å². The van der Waals surface area contributed by atoms with Crippen LogP contribution in [0, 0.1) is 0 Å². The molecule has 0 bridgehead atoms. The van der Waals surface area contributed by atoms with Crippen molar-refractivity contribution in [2.75, 3.05) is 0 Å². The van der Waals surface area contributed by atoms with E-state index in [1.807, 2.05) is 16.8 Å². The summed E-state index contributed by atoms with van der Waals surface area (Å²) in [6, 6.07) is 1.67. The molecule has 0 spiro atoms. The molecule has 0 radical (unpaired) electrons. The number of nitrogens with one attached hydrogen (secondary N) is 1. The average Bonchev–Trinajstić information content (AvgIpc) is 2.80. The smallest absolute Gasteiger partial charge is 0.102 e. The largest absolute Gasteiger partial charge is 0.270 e. The molecular formula is C7H7ClN4S2. The fourth-order valence-electron chi connectivity index (χ4n) is 1.10. The quantitative estimate of drug-likeness (QED) is 0.641. The first-order valence-electron chi connectivity index (χ1n) is 3.79.